The highest BCUT2D eigenvalue weighted by Gasteiger charge is 2.34. The molecule has 0 radical (unpaired) electrons. The second-order valence-corrected chi connectivity index (χ2v) is 2.68. The van der Waals surface area contributed by atoms with Crippen LogP contribution in [-0.2, 0) is 19.1 Å². The number of carbonyl (C=O) groups is 3. The number of ether oxygens (including phenoxy) is 1. The number of rotatable bonds is 2. The van der Waals surface area contributed by atoms with Crippen molar-refractivity contribution >= 4 is 17.8 Å². The number of carbonyl (C=O) groups excluding carboxylic acids is 3. The predicted molar refractivity (Wildman–Crippen MR) is 45.5 cm³/mol. The lowest BCUT2D eigenvalue weighted by molar-refractivity contribution is -0.151. The van der Waals surface area contributed by atoms with Gasteiger partial charge in [-0.15, -0.1) is 0 Å². The van der Waals surface area contributed by atoms with E-state index in [0.29, 0.717) is 0 Å². The lowest BCUT2D eigenvalue weighted by atomic mass is 10.0. The van der Waals surface area contributed by atoms with Gasteiger partial charge in [0.25, 0.3) is 5.91 Å². The van der Waals surface area contributed by atoms with E-state index >= 15 is 0 Å². The molecule has 0 spiro atoms. The van der Waals surface area contributed by atoms with Crippen molar-refractivity contribution in [2.75, 3.05) is 6.61 Å². The Balaban J connectivity index is 2.87. The molecule has 1 heterocycles. The highest BCUT2D eigenvalue weighted by molar-refractivity contribution is 6.13. The normalized spacial score (nSPS) is 21.2. The van der Waals surface area contributed by atoms with E-state index in [9.17, 15) is 14.4 Å². The van der Waals surface area contributed by atoms with Crippen molar-refractivity contribution in [2.45, 2.75) is 6.92 Å². The summed E-state index contributed by atoms with van der Waals surface area (Å²) in [7, 11) is 0. The molecule has 0 aromatic heterocycles. The van der Waals surface area contributed by atoms with Gasteiger partial charge >= 0.3 is 5.97 Å². The van der Waals surface area contributed by atoms with Gasteiger partial charge in [-0.2, -0.15) is 0 Å². The highest BCUT2D eigenvalue weighted by atomic mass is 16.5. The van der Waals surface area contributed by atoms with Crippen LogP contribution in [0.1, 0.15) is 6.92 Å². The molecule has 0 aromatic carbocycles. The van der Waals surface area contributed by atoms with E-state index in [-0.39, 0.29) is 12.3 Å². The van der Waals surface area contributed by atoms with Gasteiger partial charge in [-0.25, -0.2) is 0 Å². The van der Waals surface area contributed by atoms with Gasteiger partial charge in [0.15, 0.2) is 5.92 Å². The molecule has 6 heteroatoms. The van der Waals surface area contributed by atoms with Crippen LogP contribution < -0.4 is 11.1 Å². The number of imide groups is 1. The maximum absolute atomic E-state index is 11.2. The predicted octanol–water partition coefficient (Wildman–Crippen LogP) is -1.34. The minimum Gasteiger partial charge on any atom is -0.465 e. The maximum Gasteiger partial charge on any atom is 0.324 e. The molecule has 1 aliphatic heterocycles. The van der Waals surface area contributed by atoms with Crippen LogP contribution in [0.25, 0.3) is 0 Å². The third-order valence-electron chi connectivity index (χ3n) is 1.66. The Morgan fingerprint density at radius 2 is 2.29 bits per heavy atom. The van der Waals surface area contributed by atoms with Crippen LogP contribution in [-0.4, -0.2) is 24.4 Å². The summed E-state index contributed by atoms with van der Waals surface area (Å²) < 4.78 is 4.63. The summed E-state index contributed by atoms with van der Waals surface area (Å²) >= 11 is 0. The lowest BCUT2D eigenvalue weighted by Crippen LogP contribution is -2.45. The summed E-state index contributed by atoms with van der Waals surface area (Å²) in [6.45, 7) is 1.77. The Morgan fingerprint density at radius 1 is 1.64 bits per heavy atom. The van der Waals surface area contributed by atoms with Gasteiger partial charge in [-0.05, 0) is 6.92 Å². The van der Waals surface area contributed by atoms with Crippen molar-refractivity contribution in [3.05, 3.63) is 11.8 Å². The minimum atomic E-state index is -1.20. The molecule has 14 heavy (non-hydrogen) atoms. The first-order chi connectivity index (χ1) is 6.56. The topological polar surface area (TPSA) is 98.5 Å². The fourth-order valence-corrected chi connectivity index (χ4v) is 1.08. The van der Waals surface area contributed by atoms with Gasteiger partial charge < -0.3 is 10.5 Å². The monoisotopic (exact) mass is 198 g/mol. The summed E-state index contributed by atoms with van der Waals surface area (Å²) in [6, 6.07) is 0. The van der Waals surface area contributed by atoms with Crippen molar-refractivity contribution < 1.29 is 19.1 Å². The van der Waals surface area contributed by atoms with E-state index in [1.165, 1.54) is 0 Å². The first kappa shape index (κ1) is 10.2. The average molecular weight is 198 g/mol. The van der Waals surface area contributed by atoms with Crippen LogP contribution in [0.2, 0.25) is 0 Å². The van der Waals surface area contributed by atoms with Gasteiger partial charge in [0, 0.05) is 11.8 Å². The van der Waals surface area contributed by atoms with E-state index in [1.807, 2.05) is 5.32 Å². The van der Waals surface area contributed by atoms with Gasteiger partial charge in [0.05, 0.1) is 6.61 Å². The van der Waals surface area contributed by atoms with Crippen molar-refractivity contribution in [1.29, 1.82) is 0 Å². The number of hydrogen-bond acceptors (Lipinski definition) is 5. The summed E-state index contributed by atoms with van der Waals surface area (Å²) in [5.41, 5.74) is 5.28. The molecular weight excluding hydrogens is 188 g/mol. The molecule has 76 valence electrons. The molecule has 0 bridgehead atoms. The van der Waals surface area contributed by atoms with Crippen LogP contribution in [0.5, 0.6) is 0 Å². The fraction of sp³-hybridized carbons (Fsp3) is 0.375. The largest absolute Gasteiger partial charge is 0.465 e. The Kier molecular flexibility index (Phi) is 2.85. The smallest absolute Gasteiger partial charge is 0.324 e. The third-order valence-corrected chi connectivity index (χ3v) is 1.66. The molecule has 1 aliphatic rings. The van der Waals surface area contributed by atoms with Crippen LogP contribution in [0.4, 0.5) is 0 Å². The van der Waals surface area contributed by atoms with E-state index in [4.69, 9.17) is 5.73 Å². The number of nitrogens with two attached hydrogens (primary N) is 1. The van der Waals surface area contributed by atoms with E-state index < -0.39 is 23.7 Å². The zero-order chi connectivity index (χ0) is 10.7. The minimum absolute atomic E-state index is 0.0859. The zero-order valence-corrected chi connectivity index (χ0v) is 7.57. The van der Waals surface area contributed by atoms with Crippen LogP contribution >= 0.6 is 0 Å². The molecule has 6 nitrogen and oxygen atoms in total. The molecule has 1 atom stereocenters. The van der Waals surface area contributed by atoms with Gasteiger partial charge in [-0.1, -0.05) is 0 Å². The number of esters is 1. The molecular formula is C8H10N2O4. The fourth-order valence-electron chi connectivity index (χ4n) is 1.08. The first-order valence-electron chi connectivity index (χ1n) is 4.04. The summed E-state index contributed by atoms with van der Waals surface area (Å²) in [5.74, 6) is -3.31. The number of amides is 2. The Labute approximate surface area is 80.1 Å². The van der Waals surface area contributed by atoms with Crippen LogP contribution in [0.3, 0.4) is 0 Å². The molecule has 1 unspecified atom stereocenters. The summed E-state index contributed by atoms with van der Waals surface area (Å²) in [4.78, 5) is 33.2. The third kappa shape index (κ3) is 1.90. The first-order valence-corrected chi connectivity index (χ1v) is 4.04. The molecule has 0 saturated carbocycles. The van der Waals surface area contributed by atoms with Crippen molar-refractivity contribution in [1.82, 2.24) is 5.32 Å². The van der Waals surface area contributed by atoms with Crippen LogP contribution in [0, 0.1) is 5.92 Å². The lowest BCUT2D eigenvalue weighted by Gasteiger charge is -2.18. The van der Waals surface area contributed by atoms with Gasteiger partial charge in [0.2, 0.25) is 5.91 Å². The number of nitrogens with one attached hydrogen (secondary N) is 1. The van der Waals surface area contributed by atoms with Crippen molar-refractivity contribution in [3.8, 4) is 0 Å². The number of hydrogen-bond donors (Lipinski definition) is 2. The molecule has 0 aliphatic carbocycles. The molecule has 0 saturated heterocycles. The SMILES string of the molecule is CCOC(=O)C1C(=O)NC(=O)C=C1N. The Morgan fingerprint density at radius 3 is 2.79 bits per heavy atom. The second-order valence-electron chi connectivity index (χ2n) is 2.68. The van der Waals surface area contributed by atoms with Gasteiger partial charge in [-0.3, -0.25) is 19.7 Å². The zero-order valence-electron chi connectivity index (χ0n) is 7.57. The van der Waals surface area contributed by atoms with E-state index in [0.717, 1.165) is 6.08 Å². The van der Waals surface area contributed by atoms with Crippen molar-refractivity contribution in [3.63, 3.8) is 0 Å². The Hall–Kier alpha value is -1.85. The summed E-state index contributed by atoms with van der Waals surface area (Å²) in [6.07, 6.45) is 1.00. The standard InChI is InChI=1S/C8H10N2O4/c1-2-14-8(13)6-4(9)3-5(11)10-7(6)12/h3,6H,2,9H2,1H3,(H,10,11,12). The quantitative estimate of drug-likeness (QED) is 0.325. The second kappa shape index (κ2) is 3.91. The molecule has 2 amide bonds. The summed E-state index contributed by atoms with van der Waals surface area (Å²) in [5, 5.41) is 1.96. The maximum atomic E-state index is 11.2. The molecule has 0 fully saturated rings. The average Bonchev–Trinajstić information content (AvgIpc) is 2.01. The van der Waals surface area contributed by atoms with E-state index in [1.54, 1.807) is 6.92 Å². The molecule has 3 N–H and O–H groups in total. The highest BCUT2D eigenvalue weighted by Crippen LogP contribution is 2.12. The Bertz CT molecular complexity index is 321. The molecule has 0 aromatic rings. The molecule has 1 rings (SSSR count). The van der Waals surface area contributed by atoms with E-state index in [2.05, 4.69) is 4.74 Å². The van der Waals surface area contributed by atoms with Gasteiger partial charge in [0.1, 0.15) is 0 Å². The van der Waals surface area contributed by atoms with Crippen LogP contribution in [0.15, 0.2) is 11.8 Å². The van der Waals surface area contributed by atoms with Crippen molar-refractivity contribution in [2.24, 2.45) is 11.7 Å².